The lowest BCUT2D eigenvalue weighted by Gasteiger charge is -2.25. The molecule has 1 fully saturated rings. The molecule has 0 aromatic heterocycles. The first-order chi connectivity index (χ1) is 8.58. The fourth-order valence-corrected chi connectivity index (χ4v) is 2.88. The van der Waals surface area contributed by atoms with Crippen LogP contribution in [0.3, 0.4) is 0 Å². The third-order valence-electron chi connectivity index (χ3n) is 3.75. The van der Waals surface area contributed by atoms with Gasteiger partial charge in [0.05, 0.1) is 5.02 Å². The van der Waals surface area contributed by atoms with Crippen molar-refractivity contribution < 1.29 is 8.78 Å². The first-order valence-corrected chi connectivity index (χ1v) is 6.85. The monoisotopic (exact) mass is 273 g/mol. The molecule has 1 aromatic rings. The Morgan fingerprint density at radius 3 is 2.50 bits per heavy atom. The first kappa shape index (κ1) is 13.8. The Labute approximate surface area is 111 Å². The number of hydrogen-bond donors (Lipinski definition) is 1. The Bertz CT molecular complexity index is 417. The van der Waals surface area contributed by atoms with Gasteiger partial charge in [0, 0.05) is 11.6 Å². The van der Waals surface area contributed by atoms with Crippen molar-refractivity contribution >= 4 is 11.6 Å². The van der Waals surface area contributed by atoms with Crippen LogP contribution in [0.5, 0.6) is 0 Å². The molecule has 2 rings (SSSR count). The fourth-order valence-electron chi connectivity index (χ4n) is 2.73. The molecule has 1 nitrogen and oxygen atoms in total. The maximum absolute atomic E-state index is 13.7. The molecule has 0 radical (unpaired) electrons. The zero-order valence-electron chi connectivity index (χ0n) is 10.3. The Balaban J connectivity index is 2.08. The number of hydrogen-bond acceptors (Lipinski definition) is 1. The molecule has 1 atom stereocenters. The smallest absolute Gasteiger partial charge is 0.142 e. The van der Waals surface area contributed by atoms with E-state index >= 15 is 0 Å². The van der Waals surface area contributed by atoms with E-state index in [2.05, 4.69) is 0 Å². The largest absolute Gasteiger partial charge is 0.324 e. The maximum atomic E-state index is 13.7. The van der Waals surface area contributed by atoms with E-state index in [1.165, 1.54) is 19.3 Å². The van der Waals surface area contributed by atoms with E-state index in [-0.39, 0.29) is 10.6 Å². The lowest BCUT2D eigenvalue weighted by molar-refractivity contribution is 0.316. The van der Waals surface area contributed by atoms with E-state index in [0.717, 1.165) is 31.4 Å². The van der Waals surface area contributed by atoms with Crippen LogP contribution in [0.15, 0.2) is 12.1 Å². The molecule has 1 saturated carbocycles. The van der Waals surface area contributed by atoms with Gasteiger partial charge in [0.15, 0.2) is 0 Å². The normalized spacial score (nSPS) is 18.9. The van der Waals surface area contributed by atoms with E-state index in [0.29, 0.717) is 5.92 Å². The molecule has 1 aliphatic carbocycles. The van der Waals surface area contributed by atoms with E-state index in [1.54, 1.807) is 0 Å². The second kappa shape index (κ2) is 5.98. The van der Waals surface area contributed by atoms with Crippen molar-refractivity contribution in [1.82, 2.24) is 0 Å². The van der Waals surface area contributed by atoms with Crippen molar-refractivity contribution in [3.63, 3.8) is 0 Å². The van der Waals surface area contributed by atoms with Gasteiger partial charge in [-0.25, -0.2) is 8.78 Å². The van der Waals surface area contributed by atoms with Crippen LogP contribution in [0.2, 0.25) is 5.02 Å². The summed E-state index contributed by atoms with van der Waals surface area (Å²) in [5, 5.41) is -0.193. The molecule has 18 heavy (non-hydrogen) atoms. The quantitative estimate of drug-likeness (QED) is 0.801. The minimum atomic E-state index is -0.604. The van der Waals surface area contributed by atoms with E-state index in [1.807, 2.05) is 0 Å². The van der Waals surface area contributed by atoms with E-state index < -0.39 is 17.7 Å². The number of nitrogens with two attached hydrogens (primary N) is 1. The molecule has 1 aromatic carbocycles. The minimum absolute atomic E-state index is 0.193. The Kier molecular flexibility index (Phi) is 4.57. The summed E-state index contributed by atoms with van der Waals surface area (Å²) < 4.78 is 27.0. The van der Waals surface area contributed by atoms with Gasteiger partial charge in [-0.05, 0) is 24.5 Å². The Morgan fingerprint density at radius 1 is 1.17 bits per heavy atom. The van der Waals surface area contributed by atoms with Gasteiger partial charge >= 0.3 is 0 Å². The van der Waals surface area contributed by atoms with Gasteiger partial charge < -0.3 is 5.73 Å². The first-order valence-electron chi connectivity index (χ1n) is 6.48. The second-order valence-corrected chi connectivity index (χ2v) is 5.54. The van der Waals surface area contributed by atoms with Crippen molar-refractivity contribution in [2.75, 3.05) is 0 Å². The van der Waals surface area contributed by atoms with Crippen LogP contribution in [-0.2, 0) is 0 Å². The summed E-state index contributed by atoms with van der Waals surface area (Å²) in [6.07, 6.45) is 6.72. The third-order valence-corrected chi connectivity index (χ3v) is 4.04. The van der Waals surface area contributed by atoms with Crippen LogP contribution in [0.4, 0.5) is 8.78 Å². The molecular weight excluding hydrogens is 256 g/mol. The number of benzene rings is 1. The molecule has 0 spiro atoms. The Morgan fingerprint density at radius 2 is 1.83 bits per heavy atom. The summed E-state index contributed by atoms with van der Waals surface area (Å²) in [7, 11) is 0. The summed E-state index contributed by atoms with van der Waals surface area (Å²) >= 11 is 5.53. The highest BCUT2D eigenvalue weighted by molar-refractivity contribution is 6.30. The van der Waals surface area contributed by atoms with Gasteiger partial charge in [-0.3, -0.25) is 0 Å². The SMILES string of the molecule is NC(CC1CCCCC1)c1cc(F)c(Cl)cc1F. The van der Waals surface area contributed by atoms with Crippen molar-refractivity contribution in [3.8, 4) is 0 Å². The minimum Gasteiger partial charge on any atom is -0.324 e. The van der Waals surface area contributed by atoms with Crippen LogP contribution in [-0.4, -0.2) is 0 Å². The molecule has 1 aliphatic rings. The van der Waals surface area contributed by atoms with Crippen molar-refractivity contribution in [2.45, 2.75) is 44.6 Å². The van der Waals surface area contributed by atoms with Gasteiger partial charge in [-0.2, -0.15) is 0 Å². The predicted octanol–water partition coefficient (Wildman–Crippen LogP) is 4.59. The number of halogens is 3. The van der Waals surface area contributed by atoms with Crippen LogP contribution in [0.25, 0.3) is 0 Å². The van der Waals surface area contributed by atoms with Gasteiger partial charge in [0.25, 0.3) is 0 Å². The molecule has 0 saturated heterocycles. The summed E-state index contributed by atoms with van der Waals surface area (Å²) in [5.41, 5.74) is 6.23. The number of rotatable bonds is 3. The zero-order valence-corrected chi connectivity index (χ0v) is 11.0. The van der Waals surface area contributed by atoms with Crippen LogP contribution in [0, 0.1) is 17.6 Å². The molecular formula is C14H18ClF2N. The fraction of sp³-hybridized carbons (Fsp3) is 0.571. The Hall–Kier alpha value is -0.670. The summed E-state index contributed by atoms with van der Waals surface area (Å²) in [5.74, 6) is -0.580. The second-order valence-electron chi connectivity index (χ2n) is 5.13. The highest BCUT2D eigenvalue weighted by Crippen LogP contribution is 2.32. The van der Waals surface area contributed by atoms with Crippen LogP contribution in [0.1, 0.15) is 50.1 Å². The highest BCUT2D eigenvalue weighted by Gasteiger charge is 2.20. The van der Waals surface area contributed by atoms with E-state index in [4.69, 9.17) is 17.3 Å². The molecule has 100 valence electrons. The maximum Gasteiger partial charge on any atom is 0.142 e. The lowest BCUT2D eigenvalue weighted by atomic mass is 9.83. The third kappa shape index (κ3) is 3.21. The highest BCUT2D eigenvalue weighted by atomic mass is 35.5. The molecule has 0 bridgehead atoms. The molecule has 0 amide bonds. The standard InChI is InChI=1S/C14H18ClF2N/c15-11-8-12(16)10(7-13(11)17)14(18)6-9-4-2-1-3-5-9/h7-9,14H,1-6,18H2. The summed E-state index contributed by atoms with van der Waals surface area (Å²) in [6.45, 7) is 0. The van der Waals surface area contributed by atoms with Crippen LogP contribution >= 0.6 is 11.6 Å². The molecule has 4 heteroatoms. The molecule has 1 unspecified atom stereocenters. The molecule has 2 N–H and O–H groups in total. The molecule has 0 aliphatic heterocycles. The average Bonchev–Trinajstić information content (AvgIpc) is 2.35. The van der Waals surface area contributed by atoms with Gasteiger partial charge in [-0.1, -0.05) is 43.7 Å². The van der Waals surface area contributed by atoms with Crippen LogP contribution < -0.4 is 5.73 Å². The molecule has 0 heterocycles. The average molecular weight is 274 g/mol. The van der Waals surface area contributed by atoms with Crippen molar-refractivity contribution in [1.29, 1.82) is 0 Å². The zero-order chi connectivity index (χ0) is 13.1. The van der Waals surface area contributed by atoms with Gasteiger partial charge in [-0.15, -0.1) is 0 Å². The van der Waals surface area contributed by atoms with Crippen molar-refractivity contribution in [2.24, 2.45) is 11.7 Å². The van der Waals surface area contributed by atoms with Gasteiger partial charge in [0.1, 0.15) is 11.6 Å². The summed E-state index contributed by atoms with van der Waals surface area (Å²) in [6, 6.07) is 1.69. The predicted molar refractivity (Wildman–Crippen MR) is 69.5 cm³/mol. The topological polar surface area (TPSA) is 26.0 Å². The summed E-state index contributed by atoms with van der Waals surface area (Å²) in [4.78, 5) is 0. The van der Waals surface area contributed by atoms with Gasteiger partial charge in [0.2, 0.25) is 0 Å². The van der Waals surface area contributed by atoms with Crippen molar-refractivity contribution in [3.05, 3.63) is 34.4 Å². The lowest BCUT2D eigenvalue weighted by Crippen LogP contribution is -2.18. The van der Waals surface area contributed by atoms with E-state index in [9.17, 15) is 8.78 Å².